The lowest BCUT2D eigenvalue weighted by atomic mass is 10.1. The molecule has 7 heteroatoms. The van der Waals surface area contributed by atoms with Gasteiger partial charge in [-0.05, 0) is 30.3 Å². The van der Waals surface area contributed by atoms with Crippen LogP contribution in [0.15, 0.2) is 60.7 Å². The molecule has 0 unspecified atom stereocenters. The first-order valence-electron chi connectivity index (χ1n) is 9.00. The average molecular weight is 380 g/mol. The fraction of sp³-hybridized carbons (Fsp3) is 0.190. The Bertz CT molecular complexity index is 971. The molecule has 2 aromatic carbocycles. The van der Waals surface area contributed by atoms with Crippen LogP contribution in [0.4, 0.5) is 14.6 Å². The fourth-order valence-corrected chi connectivity index (χ4v) is 3.21. The molecule has 0 atom stereocenters. The third-order valence-corrected chi connectivity index (χ3v) is 4.78. The number of hydrogen-bond donors (Lipinski definition) is 0. The van der Waals surface area contributed by atoms with Gasteiger partial charge in [0, 0.05) is 37.3 Å². The zero-order chi connectivity index (χ0) is 19.5. The van der Waals surface area contributed by atoms with Crippen LogP contribution in [0, 0.1) is 11.6 Å². The van der Waals surface area contributed by atoms with Crippen LogP contribution in [0.25, 0.3) is 11.3 Å². The number of hydrogen-bond acceptors (Lipinski definition) is 4. The average Bonchev–Trinajstić information content (AvgIpc) is 2.76. The van der Waals surface area contributed by atoms with Gasteiger partial charge in [0.2, 0.25) is 0 Å². The lowest BCUT2D eigenvalue weighted by Gasteiger charge is -2.35. The summed E-state index contributed by atoms with van der Waals surface area (Å²) in [4.78, 5) is 16.2. The van der Waals surface area contributed by atoms with E-state index < -0.39 is 11.6 Å². The van der Waals surface area contributed by atoms with Crippen LogP contribution >= 0.6 is 0 Å². The summed E-state index contributed by atoms with van der Waals surface area (Å²) < 4.78 is 26.4. The Labute approximate surface area is 161 Å². The molecule has 0 spiro atoms. The normalized spacial score (nSPS) is 14.2. The summed E-state index contributed by atoms with van der Waals surface area (Å²) in [6.07, 6.45) is 0. The number of aromatic nitrogens is 2. The van der Waals surface area contributed by atoms with E-state index in [1.54, 1.807) is 4.90 Å². The molecular formula is C21H18F2N4O. The highest BCUT2D eigenvalue weighted by Gasteiger charge is 2.23. The second-order valence-electron chi connectivity index (χ2n) is 6.55. The van der Waals surface area contributed by atoms with Crippen molar-refractivity contribution >= 4 is 11.7 Å². The van der Waals surface area contributed by atoms with E-state index >= 15 is 0 Å². The molecule has 28 heavy (non-hydrogen) atoms. The standard InChI is InChI=1S/C21H18F2N4O/c22-17-7-6-16(14-18(17)23)21(28)27-12-10-26(11-13-27)20-9-8-19(24-25-20)15-4-2-1-3-5-15/h1-9,14H,10-13H2. The Hall–Kier alpha value is -3.35. The number of halogens is 2. The van der Waals surface area contributed by atoms with Crippen LogP contribution in [0.1, 0.15) is 10.4 Å². The quantitative estimate of drug-likeness (QED) is 0.699. The van der Waals surface area contributed by atoms with Crippen molar-refractivity contribution in [2.45, 2.75) is 0 Å². The molecule has 1 saturated heterocycles. The predicted molar refractivity (Wildman–Crippen MR) is 102 cm³/mol. The van der Waals surface area contributed by atoms with E-state index in [2.05, 4.69) is 15.1 Å². The summed E-state index contributed by atoms with van der Waals surface area (Å²) in [5.74, 6) is -1.53. The summed E-state index contributed by atoms with van der Waals surface area (Å²) in [6, 6.07) is 16.9. The first-order chi connectivity index (χ1) is 13.6. The van der Waals surface area contributed by atoms with Crippen molar-refractivity contribution in [1.29, 1.82) is 0 Å². The van der Waals surface area contributed by atoms with Crippen LogP contribution in [-0.4, -0.2) is 47.2 Å². The summed E-state index contributed by atoms with van der Waals surface area (Å²) in [6.45, 7) is 2.13. The molecule has 0 bridgehead atoms. The van der Waals surface area contributed by atoms with Gasteiger partial charge < -0.3 is 9.80 Å². The Balaban J connectivity index is 1.40. The summed E-state index contributed by atoms with van der Waals surface area (Å²) in [7, 11) is 0. The van der Waals surface area contributed by atoms with Gasteiger partial charge in [-0.15, -0.1) is 10.2 Å². The Morgan fingerprint density at radius 3 is 2.21 bits per heavy atom. The van der Waals surface area contributed by atoms with E-state index in [-0.39, 0.29) is 11.5 Å². The molecule has 1 aliphatic rings. The van der Waals surface area contributed by atoms with Crippen LogP contribution in [0.5, 0.6) is 0 Å². The van der Waals surface area contributed by atoms with Crippen molar-refractivity contribution < 1.29 is 13.6 Å². The molecule has 3 aromatic rings. The molecule has 2 heterocycles. The monoisotopic (exact) mass is 380 g/mol. The minimum atomic E-state index is -1.02. The van der Waals surface area contributed by atoms with Crippen LogP contribution in [0.2, 0.25) is 0 Å². The number of nitrogens with zero attached hydrogens (tertiary/aromatic N) is 4. The second kappa shape index (κ2) is 7.72. The molecule has 1 amide bonds. The van der Waals surface area contributed by atoms with Gasteiger partial charge in [-0.3, -0.25) is 4.79 Å². The lowest BCUT2D eigenvalue weighted by molar-refractivity contribution is 0.0746. The molecule has 0 N–H and O–H groups in total. The smallest absolute Gasteiger partial charge is 0.254 e. The van der Waals surface area contributed by atoms with Crippen molar-refractivity contribution in [3.05, 3.63) is 77.9 Å². The molecular weight excluding hydrogens is 362 g/mol. The molecule has 0 aliphatic carbocycles. The third-order valence-electron chi connectivity index (χ3n) is 4.78. The number of amides is 1. The van der Waals surface area contributed by atoms with Gasteiger partial charge in [0.25, 0.3) is 5.91 Å². The minimum Gasteiger partial charge on any atom is -0.352 e. The van der Waals surface area contributed by atoms with Gasteiger partial charge in [-0.2, -0.15) is 0 Å². The molecule has 0 radical (unpaired) electrons. The summed E-state index contributed by atoms with van der Waals surface area (Å²) in [5, 5.41) is 8.60. The minimum absolute atomic E-state index is 0.152. The fourth-order valence-electron chi connectivity index (χ4n) is 3.21. The Morgan fingerprint density at radius 2 is 1.57 bits per heavy atom. The molecule has 1 fully saturated rings. The second-order valence-corrected chi connectivity index (χ2v) is 6.55. The maximum absolute atomic E-state index is 13.4. The predicted octanol–water partition coefficient (Wildman–Crippen LogP) is 3.38. The largest absolute Gasteiger partial charge is 0.352 e. The summed E-state index contributed by atoms with van der Waals surface area (Å²) >= 11 is 0. The van der Waals surface area contributed by atoms with Gasteiger partial charge in [0.1, 0.15) is 0 Å². The van der Waals surface area contributed by atoms with E-state index in [1.165, 1.54) is 6.07 Å². The highest BCUT2D eigenvalue weighted by atomic mass is 19.2. The SMILES string of the molecule is O=C(c1ccc(F)c(F)c1)N1CCN(c2ccc(-c3ccccc3)nn2)CC1. The van der Waals surface area contributed by atoms with Gasteiger partial charge in [-0.1, -0.05) is 30.3 Å². The zero-order valence-electron chi connectivity index (χ0n) is 15.1. The number of piperazine rings is 1. The number of carbonyl (C=O) groups is 1. The van der Waals surface area contributed by atoms with Crippen molar-refractivity contribution in [2.24, 2.45) is 0 Å². The topological polar surface area (TPSA) is 49.3 Å². The zero-order valence-corrected chi connectivity index (χ0v) is 15.1. The third kappa shape index (κ3) is 3.69. The Kier molecular flexibility index (Phi) is 4.97. The molecule has 4 rings (SSSR count). The van der Waals surface area contributed by atoms with Gasteiger partial charge in [0.15, 0.2) is 17.5 Å². The number of rotatable bonds is 3. The van der Waals surface area contributed by atoms with E-state index in [1.807, 2.05) is 42.5 Å². The molecule has 5 nitrogen and oxygen atoms in total. The summed E-state index contributed by atoms with van der Waals surface area (Å²) in [5.41, 5.74) is 1.96. The molecule has 1 aromatic heterocycles. The number of benzene rings is 2. The van der Waals surface area contributed by atoms with E-state index in [4.69, 9.17) is 0 Å². The first-order valence-corrected chi connectivity index (χ1v) is 9.00. The van der Waals surface area contributed by atoms with Crippen LogP contribution in [0.3, 0.4) is 0 Å². The highest BCUT2D eigenvalue weighted by Crippen LogP contribution is 2.20. The Morgan fingerprint density at radius 1 is 0.821 bits per heavy atom. The van der Waals surface area contributed by atoms with E-state index in [0.717, 1.165) is 29.2 Å². The number of anilines is 1. The van der Waals surface area contributed by atoms with Gasteiger partial charge in [-0.25, -0.2) is 8.78 Å². The maximum Gasteiger partial charge on any atom is 0.254 e. The lowest BCUT2D eigenvalue weighted by Crippen LogP contribution is -2.49. The number of carbonyl (C=O) groups excluding carboxylic acids is 1. The van der Waals surface area contributed by atoms with Gasteiger partial charge in [0.05, 0.1) is 5.69 Å². The molecule has 0 saturated carbocycles. The van der Waals surface area contributed by atoms with Crippen molar-refractivity contribution in [2.75, 3.05) is 31.1 Å². The first kappa shape index (κ1) is 18.0. The van der Waals surface area contributed by atoms with Crippen molar-refractivity contribution in [1.82, 2.24) is 15.1 Å². The molecule has 1 aliphatic heterocycles. The van der Waals surface area contributed by atoms with Crippen molar-refractivity contribution in [3.63, 3.8) is 0 Å². The van der Waals surface area contributed by atoms with Crippen LogP contribution in [-0.2, 0) is 0 Å². The van der Waals surface area contributed by atoms with Crippen molar-refractivity contribution in [3.8, 4) is 11.3 Å². The molecule has 142 valence electrons. The van der Waals surface area contributed by atoms with E-state index in [9.17, 15) is 13.6 Å². The van der Waals surface area contributed by atoms with Crippen LogP contribution < -0.4 is 4.90 Å². The maximum atomic E-state index is 13.4. The van der Waals surface area contributed by atoms with E-state index in [0.29, 0.717) is 26.2 Å². The highest BCUT2D eigenvalue weighted by molar-refractivity contribution is 5.94. The van der Waals surface area contributed by atoms with Gasteiger partial charge >= 0.3 is 0 Å².